The second-order valence-electron chi connectivity index (χ2n) is 10.8. The quantitative estimate of drug-likeness (QED) is 0.293. The summed E-state index contributed by atoms with van der Waals surface area (Å²) in [4.78, 5) is 19.3. The van der Waals surface area contributed by atoms with Crippen molar-refractivity contribution >= 4 is 22.5 Å². The van der Waals surface area contributed by atoms with Crippen LogP contribution in [0.2, 0.25) is 5.02 Å². The highest BCUT2D eigenvalue weighted by atomic mass is 35.5. The molecule has 8 nitrogen and oxygen atoms in total. The Labute approximate surface area is 233 Å². The van der Waals surface area contributed by atoms with Gasteiger partial charge in [-0.25, -0.2) is 4.68 Å². The van der Waals surface area contributed by atoms with E-state index in [9.17, 15) is 4.79 Å². The average Bonchev–Trinajstić information content (AvgIpc) is 3.73. The fourth-order valence-corrected chi connectivity index (χ4v) is 6.25. The van der Waals surface area contributed by atoms with Crippen LogP contribution in [0.1, 0.15) is 80.0 Å². The molecule has 2 aromatic carbocycles. The van der Waals surface area contributed by atoms with Gasteiger partial charge in [0.25, 0.3) is 5.56 Å². The standard InChI is InChI=1S/C30H35ClN6O2/c1-2-20-11-14-27-22(16-20)17-26(30(38)32-27)28(29-33-34-35-37(29)24-6-3-4-7-24)36(19-25-8-5-15-39-25)18-21-9-12-23(31)13-10-21/h9-14,16-17,24-25,28H,2-8,15,18-19H2,1H3,(H,32,38)/t25-,28-/m1/s1. The van der Waals surface area contributed by atoms with Crippen LogP contribution in [0, 0.1) is 0 Å². The molecule has 0 bridgehead atoms. The van der Waals surface area contributed by atoms with E-state index in [2.05, 4.69) is 44.5 Å². The van der Waals surface area contributed by atoms with Crippen LogP contribution in [-0.4, -0.2) is 49.3 Å². The molecule has 9 heteroatoms. The molecule has 4 aromatic rings. The molecule has 39 heavy (non-hydrogen) atoms. The molecule has 2 fully saturated rings. The normalized spacial score (nSPS) is 18.9. The molecule has 2 atom stereocenters. The molecule has 1 N–H and O–H groups in total. The maximum atomic E-state index is 13.8. The van der Waals surface area contributed by atoms with Gasteiger partial charge in [0.2, 0.25) is 0 Å². The number of fused-ring (bicyclic) bond motifs is 1. The van der Waals surface area contributed by atoms with Crippen LogP contribution in [0.5, 0.6) is 0 Å². The van der Waals surface area contributed by atoms with Crippen LogP contribution < -0.4 is 5.56 Å². The van der Waals surface area contributed by atoms with Crippen molar-refractivity contribution in [2.45, 2.75) is 76.6 Å². The Balaban J connectivity index is 1.50. The average molecular weight is 547 g/mol. The van der Waals surface area contributed by atoms with Gasteiger partial charge in [0.1, 0.15) is 6.04 Å². The van der Waals surface area contributed by atoms with E-state index in [0.29, 0.717) is 29.5 Å². The number of tetrazole rings is 1. The Bertz CT molecular complexity index is 1470. The van der Waals surface area contributed by atoms with Gasteiger partial charge in [0.15, 0.2) is 5.82 Å². The van der Waals surface area contributed by atoms with Gasteiger partial charge in [-0.2, -0.15) is 0 Å². The first-order valence-electron chi connectivity index (χ1n) is 14.1. The summed E-state index contributed by atoms with van der Waals surface area (Å²) < 4.78 is 8.08. The molecule has 0 unspecified atom stereocenters. The number of ether oxygens (including phenoxy) is 1. The van der Waals surface area contributed by atoms with Crippen molar-refractivity contribution in [1.82, 2.24) is 30.1 Å². The zero-order valence-corrected chi connectivity index (χ0v) is 23.1. The molecule has 204 valence electrons. The lowest BCUT2D eigenvalue weighted by Gasteiger charge is -2.33. The van der Waals surface area contributed by atoms with Crippen LogP contribution >= 0.6 is 11.6 Å². The maximum absolute atomic E-state index is 13.8. The van der Waals surface area contributed by atoms with E-state index in [0.717, 1.165) is 68.0 Å². The number of aromatic amines is 1. The van der Waals surface area contributed by atoms with Gasteiger partial charge in [-0.3, -0.25) is 9.69 Å². The van der Waals surface area contributed by atoms with E-state index in [4.69, 9.17) is 16.3 Å². The van der Waals surface area contributed by atoms with E-state index in [1.807, 2.05) is 41.1 Å². The Morgan fingerprint density at radius 2 is 1.87 bits per heavy atom. The summed E-state index contributed by atoms with van der Waals surface area (Å²) in [6.45, 7) is 4.17. The SMILES string of the molecule is CCc1ccc2[nH]c(=O)c([C@H](c3nnnn3C3CCCC3)N(Cc3ccc(Cl)cc3)C[C@H]3CCCO3)cc2c1. The number of hydrogen-bond acceptors (Lipinski definition) is 6. The van der Waals surface area contributed by atoms with E-state index < -0.39 is 6.04 Å². The number of hydrogen-bond donors (Lipinski definition) is 1. The fraction of sp³-hybridized carbons (Fsp3) is 0.467. The molecule has 1 saturated heterocycles. The molecule has 0 radical (unpaired) electrons. The van der Waals surface area contributed by atoms with Crippen LogP contribution in [0.25, 0.3) is 10.9 Å². The highest BCUT2D eigenvalue weighted by Gasteiger charge is 2.35. The van der Waals surface area contributed by atoms with Crippen molar-refractivity contribution in [3.8, 4) is 0 Å². The summed E-state index contributed by atoms with van der Waals surface area (Å²) in [6, 6.07) is 16.0. The second kappa shape index (κ2) is 11.6. The first-order chi connectivity index (χ1) is 19.1. The topological polar surface area (TPSA) is 88.9 Å². The van der Waals surface area contributed by atoms with Crippen molar-refractivity contribution in [3.63, 3.8) is 0 Å². The highest BCUT2D eigenvalue weighted by Crippen LogP contribution is 2.35. The summed E-state index contributed by atoms with van der Waals surface area (Å²) in [5, 5.41) is 14.9. The van der Waals surface area contributed by atoms with E-state index in [1.54, 1.807) is 0 Å². The summed E-state index contributed by atoms with van der Waals surface area (Å²) in [5.74, 6) is 0.713. The monoisotopic (exact) mass is 546 g/mol. The lowest BCUT2D eigenvalue weighted by Crippen LogP contribution is -2.39. The maximum Gasteiger partial charge on any atom is 0.253 e. The van der Waals surface area contributed by atoms with Crippen molar-refractivity contribution in [2.75, 3.05) is 13.2 Å². The summed E-state index contributed by atoms with van der Waals surface area (Å²) in [5.41, 5.74) is 3.69. The number of nitrogens with one attached hydrogen (secondary N) is 1. The molecule has 0 spiro atoms. The van der Waals surface area contributed by atoms with Crippen LogP contribution in [-0.2, 0) is 17.7 Å². The van der Waals surface area contributed by atoms with E-state index >= 15 is 0 Å². The predicted molar refractivity (Wildman–Crippen MR) is 152 cm³/mol. The smallest absolute Gasteiger partial charge is 0.253 e. The number of H-pyrrole nitrogens is 1. The Hall–Kier alpha value is -3.07. The minimum atomic E-state index is -0.445. The number of aryl methyl sites for hydroxylation is 1. The van der Waals surface area contributed by atoms with Crippen molar-refractivity contribution in [2.24, 2.45) is 0 Å². The third-order valence-electron chi connectivity index (χ3n) is 8.20. The molecule has 2 aliphatic rings. The van der Waals surface area contributed by atoms with Gasteiger partial charge in [-0.05, 0) is 89.4 Å². The number of aromatic nitrogens is 5. The molecular weight excluding hydrogens is 512 g/mol. The van der Waals surface area contributed by atoms with Crippen LogP contribution in [0.3, 0.4) is 0 Å². The third-order valence-corrected chi connectivity index (χ3v) is 8.45. The molecule has 1 saturated carbocycles. The van der Waals surface area contributed by atoms with E-state index in [1.165, 1.54) is 5.56 Å². The Morgan fingerprint density at radius 3 is 2.62 bits per heavy atom. The van der Waals surface area contributed by atoms with Gasteiger partial charge >= 0.3 is 0 Å². The number of rotatable bonds is 9. The first kappa shape index (κ1) is 26.2. The molecule has 3 heterocycles. The van der Waals surface area contributed by atoms with Gasteiger partial charge in [0, 0.05) is 35.8 Å². The lowest BCUT2D eigenvalue weighted by molar-refractivity contribution is 0.0569. The van der Waals surface area contributed by atoms with Crippen molar-refractivity contribution < 1.29 is 4.74 Å². The first-order valence-corrected chi connectivity index (χ1v) is 14.5. The number of halogens is 1. The molecule has 2 aromatic heterocycles. The van der Waals surface area contributed by atoms with Gasteiger partial charge < -0.3 is 9.72 Å². The highest BCUT2D eigenvalue weighted by molar-refractivity contribution is 6.30. The lowest BCUT2D eigenvalue weighted by atomic mass is 10.00. The Kier molecular flexibility index (Phi) is 7.77. The fourth-order valence-electron chi connectivity index (χ4n) is 6.12. The number of benzene rings is 2. The molecule has 6 rings (SSSR count). The zero-order valence-electron chi connectivity index (χ0n) is 22.4. The zero-order chi connectivity index (χ0) is 26.8. The predicted octanol–water partition coefficient (Wildman–Crippen LogP) is 5.62. The van der Waals surface area contributed by atoms with Crippen molar-refractivity contribution in [1.29, 1.82) is 0 Å². The molecule has 1 aliphatic heterocycles. The van der Waals surface area contributed by atoms with Gasteiger partial charge in [0.05, 0.1) is 12.1 Å². The molecular formula is C30H35ClN6O2. The number of nitrogens with zero attached hydrogens (tertiary/aromatic N) is 5. The molecule has 0 amide bonds. The second-order valence-corrected chi connectivity index (χ2v) is 11.3. The van der Waals surface area contributed by atoms with Crippen LogP contribution in [0.4, 0.5) is 0 Å². The van der Waals surface area contributed by atoms with E-state index in [-0.39, 0.29) is 17.7 Å². The minimum Gasteiger partial charge on any atom is -0.377 e. The third kappa shape index (κ3) is 5.64. The minimum absolute atomic E-state index is 0.0850. The van der Waals surface area contributed by atoms with Crippen molar-refractivity contribution in [3.05, 3.63) is 86.4 Å². The Morgan fingerprint density at radius 1 is 1.08 bits per heavy atom. The van der Waals surface area contributed by atoms with Gasteiger partial charge in [-0.15, -0.1) is 5.10 Å². The summed E-state index contributed by atoms with van der Waals surface area (Å²) >= 11 is 6.21. The van der Waals surface area contributed by atoms with Crippen LogP contribution in [0.15, 0.2) is 53.3 Å². The van der Waals surface area contributed by atoms with Gasteiger partial charge in [-0.1, -0.05) is 49.6 Å². The largest absolute Gasteiger partial charge is 0.377 e. The molecule has 1 aliphatic carbocycles. The summed E-state index contributed by atoms with van der Waals surface area (Å²) in [6.07, 6.45) is 7.46. The number of pyridine rings is 1. The summed E-state index contributed by atoms with van der Waals surface area (Å²) in [7, 11) is 0.